The second kappa shape index (κ2) is 9.60. The number of benzene rings is 2. The van der Waals surface area contributed by atoms with Crippen molar-refractivity contribution < 1.29 is 27.1 Å². The van der Waals surface area contributed by atoms with E-state index in [1.165, 1.54) is 10.7 Å². The number of sulfonamides is 1. The van der Waals surface area contributed by atoms with Gasteiger partial charge in [0.25, 0.3) is 0 Å². The average Bonchev–Trinajstić information content (AvgIpc) is 3.12. The van der Waals surface area contributed by atoms with Crippen LogP contribution >= 0.6 is 11.6 Å². The molecule has 0 saturated carbocycles. The van der Waals surface area contributed by atoms with Crippen molar-refractivity contribution in [2.45, 2.75) is 18.4 Å². The third kappa shape index (κ3) is 4.79. The summed E-state index contributed by atoms with van der Waals surface area (Å²) in [5.74, 6) is -1.75. The van der Waals surface area contributed by atoms with Crippen molar-refractivity contribution in [1.82, 2.24) is 14.1 Å². The maximum atomic E-state index is 14.4. The lowest BCUT2D eigenvalue weighted by Gasteiger charge is -2.26. The SMILES string of the molecule is Cc1nn(-c2ccccc2)c(Cl)c1COC(=O)c1ccc(F)c(S(=O)(=O)N2CCOCC2)c1. The average molecular weight is 494 g/mol. The Morgan fingerprint density at radius 1 is 1.18 bits per heavy atom. The van der Waals surface area contributed by atoms with Crippen LogP contribution in [0.15, 0.2) is 53.4 Å². The van der Waals surface area contributed by atoms with Gasteiger partial charge in [-0.15, -0.1) is 0 Å². The number of halogens is 2. The Balaban J connectivity index is 1.53. The normalized spacial score (nSPS) is 14.9. The van der Waals surface area contributed by atoms with E-state index in [1.807, 2.05) is 30.3 Å². The van der Waals surface area contributed by atoms with Crippen molar-refractivity contribution in [2.75, 3.05) is 26.3 Å². The Labute approximate surface area is 195 Å². The van der Waals surface area contributed by atoms with Gasteiger partial charge in [0.15, 0.2) is 0 Å². The molecule has 0 bridgehead atoms. The number of aromatic nitrogens is 2. The Kier molecular flexibility index (Phi) is 6.80. The third-order valence-electron chi connectivity index (χ3n) is 5.22. The molecule has 3 aromatic rings. The molecular formula is C22H21ClFN3O5S. The van der Waals surface area contributed by atoms with Crippen LogP contribution in [-0.4, -0.2) is 54.8 Å². The van der Waals surface area contributed by atoms with E-state index in [-0.39, 0.29) is 38.5 Å². The number of morpholine rings is 1. The molecule has 1 aliphatic rings. The fourth-order valence-corrected chi connectivity index (χ4v) is 5.24. The molecule has 1 saturated heterocycles. The number of carbonyl (C=O) groups is 1. The van der Waals surface area contributed by atoms with E-state index in [9.17, 15) is 17.6 Å². The van der Waals surface area contributed by atoms with Gasteiger partial charge in [-0.1, -0.05) is 29.8 Å². The Hall–Kier alpha value is -2.79. The lowest BCUT2D eigenvalue weighted by molar-refractivity contribution is 0.0472. The molecule has 0 aliphatic carbocycles. The van der Waals surface area contributed by atoms with Gasteiger partial charge in [-0.25, -0.2) is 22.3 Å². The molecule has 8 nitrogen and oxygen atoms in total. The van der Waals surface area contributed by atoms with Crippen LogP contribution in [0, 0.1) is 12.7 Å². The number of hydrogen-bond acceptors (Lipinski definition) is 6. The third-order valence-corrected chi connectivity index (χ3v) is 7.53. The van der Waals surface area contributed by atoms with E-state index in [2.05, 4.69) is 5.10 Å². The molecule has 1 aliphatic heterocycles. The summed E-state index contributed by atoms with van der Waals surface area (Å²) in [5, 5.41) is 4.68. The molecule has 33 heavy (non-hydrogen) atoms. The molecule has 11 heteroatoms. The number of ether oxygens (including phenoxy) is 2. The van der Waals surface area contributed by atoms with Crippen LogP contribution in [-0.2, 0) is 26.1 Å². The second-order valence-corrected chi connectivity index (χ2v) is 9.60. The summed E-state index contributed by atoms with van der Waals surface area (Å²) in [6.45, 7) is 2.22. The van der Waals surface area contributed by atoms with E-state index >= 15 is 0 Å². The fourth-order valence-electron chi connectivity index (χ4n) is 3.41. The number of carbonyl (C=O) groups excluding carboxylic acids is 1. The van der Waals surface area contributed by atoms with E-state index in [1.54, 1.807) is 6.92 Å². The molecule has 1 fully saturated rings. The maximum absolute atomic E-state index is 14.4. The second-order valence-electron chi connectivity index (χ2n) is 7.34. The van der Waals surface area contributed by atoms with Gasteiger partial charge in [-0.2, -0.15) is 9.40 Å². The molecule has 0 spiro atoms. The standard InChI is InChI=1S/C22H21ClFN3O5S/c1-15-18(21(23)27(25-15)17-5-3-2-4-6-17)14-32-22(28)16-7-8-19(24)20(13-16)33(29,30)26-9-11-31-12-10-26/h2-8,13H,9-12,14H2,1H3. The summed E-state index contributed by atoms with van der Waals surface area (Å²) in [5.41, 5.74) is 1.75. The van der Waals surface area contributed by atoms with Crippen molar-refractivity contribution in [2.24, 2.45) is 0 Å². The number of esters is 1. The molecule has 0 amide bonds. The smallest absolute Gasteiger partial charge is 0.338 e. The zero-order chi connectivity index (χ0) is 23.6. The van der Waals surface area contributed by atoms with Crippen molar-refractivity contribution >= 4 is 27.6 Å². The monoisotopic (exact) mass is 493 g/mol. The highest BCUT2D eigenvalue weighted by Crippen LogP contribution is 2.26. The zero-order valence-electron chi connectivity index (χ0n) is 17.7. The van der Waals surface area contributed by atoms with Gasteiger partial charge in [0.1, 0.15) is 22.5 Å². The van der Waals surface area contributed by atoms with Gasteiger partial charge in [-0.3, -0.25) is 0 Å². The minimum Gasteiger partial charge on any atom is -0.457 e. The molecule has 2 aromatic carbocycles. The number of rotatable bonds is 6. The highest BCUT2D eigenvalue weighted by molar-refractivity contribution is 7.89. The van der Waals surface area contributed by atoms with Crippen molar-refractivity contribution in [3.8, 4) is 5.69 Å². The lowest BCUT2D eigenvalue weighted by Crippen LogP contribution is -2.41. The van der Waals surface area contributed by atoms with Crippen LogP contribution in [0.1, 0.15) is 21.6 Å². The highest BCUT2D eigenvalue weighted by atomic mass is 35.5. The summed E-state index contributed by atoms with van der Waals surface area (Å²) in [4.78, 5) is 12.1. The molecule has 0 unspecified atom stereocenters. The maximum Gasteiger partial charge on any atom is 0.338 e. The van der Waals surface area contributed by atoms with E-state index in [4.69, 9.17) is 21.1 Å². The molecule has 1 aromatic heterocycles. The molecule has 4 rings (SSSR count). The van der Waals surface area contributed by atoms with Crippen LogP contribution in [0.5, 0.6) is 0 Å². The Bertz CT molecular complexity index is 1270. The van der Waals surface area contributed by atoms with Crippen LogP contribution in [0.25, 0.3) is 5.69 Å². The summed E-state index contributed by atoms with van der Waals surface area (Å²) >= 11 is 6.45. The predicted molar refractivity (Wildman–Crippen MR) is 118 cm³/mol. The molecule has 174 valence electrons. The first-order valence-corrected chi connectivity index (χ1v) is 11.9. The predicted octanol–water partition coefficient (Wildman–Crippen LogP) is 3.35. The Morgan fingerprint density at radius 3 is 2.58 bits per heavy atom. The molecule has 0 N–H and O–H groups in total. The first kappa shape index (κ1) is 23.4. The van der Waals surface area contributed by atoms with Gasteiger partial charge in [0, 0.05) is 18.7 Å². The number of hydrogen-bond donors (Lipinski definition) is 0. The highest BCUT2D eigenvalue weighted by Gasteiger charge is 2.30. The van der Waals surface area contributed by atoms with Crippen LogP contribution < -0.4 is 0 Å². The van der Waals surface area contributed by atoms with Gasteiger partial charge < -0.3 is 9.47 Å². The summed E-state index contributed by atoms with van der Waals surface area (Å²) in [6.07, 6.45) is 0. The van der Waals surface area contributed by atoms with Gasteiger partial charge in [-0.05, 0) is 37.3 Å². The van der Waals surface area contributed by atoms with Crippen LogP contribution in [0.4, 0.5) is 4.39 Å². The van der Waals surface area contributed by atoms with E-state index in [0.717, 1.165) is 22.1 Å². The van der Waals surface area contributed by atoms with Crippen LogP contribution in [0.2, 0.25) is 5.15 Å². The minimum absolute atomic E-state index is 0.0903. The first-order valence-electron chi connectivity index (χ1n) is 10.1. The molecular weight excluding hydrogens is 473 g/mol. The fraction of sp³-hybridized carbons (Fsp3) is 0.273. The quantitative estimate of drug-likeness (QED) is 0.489. The van der Waals surface area contributed by atoms with Gasteiger partial charge in [0.2, 0.25) is 10.0 Å². The van der Waals surface area contributed by atoms with Crippen molar-refractivity contribution in [1.29, 1.82) is 0 Å². The van der Waals surface area contributed by atoms with E-state index < -0.39 is 26.7 Å². The van der Waals surface area contributed by atoms with E-state index in [0.29, 0.717) is 16.4 Å². The topological polar surface area (TPSA) is 90.7 Å². The zero-order valence-corrected chi connectivity index (χ0v) is 19.3. The Morgan fingerprint density at radius 2 is 1.88 bits per heavy atom. The van der Waals surface area contributed by atoms with Crippen molar-refractivity contribution in [3.05, 3.63) is 76.3 Å². The summed E-state index contributed by atoms with van der Waals surface area (Å²) < 4.78 is 53.2. The van der Waals surface area contributed by atoms with Gasteiger partial charge in [0.05, 0.1) is 30.2 Å². The largest absolute Gasteiger partial charge is 0.457 e. The number of aryl methyl sites for hydroxylation is 1. The number of nitrogens with zero attached hydrogens (tertiary/aromatic N) is 3. The van der Waals surface area contributed by atoms with Crippen LogP contribution in [0.3, 0.4) is 0 Å². The summed E-state index contributed by atoms with van der Waals surface area (Å²) in [7, 11) is -4.12. The van der Waals surface area contributed by atoms with Gasteiger partial charge >= 0.3 is 5.97 Å². The lowest BCUT2D eigenvalue weighted by atomic mass is 10.2. The molecule has 0 atom stereocenters. The van der Waals surface area contributed by atoms with Crippen molar-refractivity contribution in [3.63, 3.8) is 0 Å². The number of para-hydroxylation sites is 1. The first-order chi connectivity index (χ1) is 15.8. The molecule has 0 radical (unpaired) electrons. The summed E-state index contributed by atoms with van der Waals surface area (Å²) in [6, 6.07) is 12.3. The molecule has 2 heterocycles. The minimum atomic E-state index is -4.12.